The van der Waals surface area contributed by atoms with Crippen molar-refractivity contribution in [3.05, 3.63) is 65.5 Å². The maximum atomic E-state index is 14.0. The number of anilines is 3. The molecular weight excluding hydrogens is 408 g/mol. The largest absolute Gasteiger partial charge is 0.469 e. The first-order valence-electron chi connectivity index (χ1n) is 9.65. The number of ketones is 1. The Morgan fingerprint density at radius 1 is 1.13 bits per heavy atom. The van der Waals surface area contributed by atoms with Gasteiger partial charge in [0, 0.05) is 19.5 Å². The molecule has 2 aromatic rings. The number of nitrogens with zero attached hydrogens (tertiary/aromatic N) is 2. The molecule has 160 valence electrons. The second kappa shape index (κ2) is 8.17. The lowest BCUT2D eigenvalue weighted by molar-refractivity contribution is -0.140. The molecule has 0 unspecified atom stereocenters. The minimum absolute atomic E-state index is 0.0415. The SMILES string of the molecule is COC(=O)CCN1C2=C(C(=O)Nc3ccccc3F)C(=O)CCN2c2ccc(F)cc21. The van der Waals surface area contributed by atoms with Gasteiger partial charge in [0.05, 0.1) is 30.6 Å². The number of nitrogens with one attached hydrogen (secondary N) is 1. The highest BCUT2D eigenvalue weighted by molar-refractivity contribution is 6.25. The number of methoxy groups -OCH3 is 1. The zero-order valence-corrected chi connectivity index (χ0v) is 16.7. The van der Waals surface area contributed by atoms with Crippen molar-refractivity contribution in [2.24, 2.45) is 0 Å². The molecular formula is C22H19F2N3O4. The van der Waals surface area contributed by atoms with Gasteiger partial charge in [-0.15, -0.1) is 0 Å². The molecule has 1 amide bonds. The van der Waals surface area contributed by atoms with Crippen LogP contribution in [0.4, 0.5) is 25.8 Å². The smallest absolute Gasteiger partial charge is 0.307 e. The number of halogens is 2. The molecule has 2 aromatic carbocycles. The number of rotatable bonds is 5. The third-order valence-electron chi connectivity index (χ3n) is 5.21. The Labute approximate surface area is 176 Å². The number of Topliss-reactive ketones (excluding diaryl/α,β-unsaturated/α-hetero) is 1. The topological polar surface area (TPSA) is 79.0 Å². The Balaban J connectivity index is 1.79. The predicted octanol–water partition coefficient (Wildman–Crippen LogP) is 2.98. The van der Waals surface area contributed by atoms with Crippen LogP contribution < -0.4 is 15.1 Å². The third kappa shape index (κ3) is 3.74. The Bertz CT molecular complexity index is 1120. The van der Waals surface area contributed by atoms with E-state index in [9.17, 15) is 23.2 Å². The molecule has 0 spiro atoms. The highest BCUT2D eigenvalue weighted by atomic mass is 19.1. The number of hydrogen-bond acceptors (Lipinski definition) is 6. The number of fused-ring (bicyclic) bond motifs is 3. The second-order valence-electron chi connectivity index (χ2n) is 7.07. The molecule has 0 aliphatic carbocycles. The molecule has 0 fully saturated rings. The minimum atomic E-state index is -0.772. The van der Waals surface area contributed by atoms with Crippen LogP contribution in [0.2, 0.25) is 0 Å². The first-order chi connectivity index (χ1) is 14.9. The molecule has 0 saturated carbocycles. The van der Waals surface area contributed by atoms with Crippen LogP contribution in [-0.2, 0) is 19.1 Å². The maximum absolute atomic E-state index is 14.0. The fraction of sp³-hybridized carbons (Fsp3) is 0.227. The van der Waals surface area contributed by atoms with Gasteiger partial charge in [-0.05, 0) is 30.3 Å². The summed E-state index contributed by atoms with van der Waals surface area (Å²) in [7, 11) is 1.25. The van der Waals surface area contributed by atoms with Gasteiger partial charge in [0.15, 0.2) is 5.78 Å². The van der Waals surface area contributed by atoms with Gasteiger partial charge in [0.2, 0.25) is 0 Å². The molecule has 2 heterocycles. The summed E-state index contributed by atoms with van der Waals surface area (Å²) in [4.78, 5) is 40.9. The molecule has 0 bridgehead atoms. The van der Waals surface area contributed by atoms with Crippen molar-refractivity contribution in [3.63, 3.8) is 0 Å². The normalized spacial score (nSPS) is 15.0. The molecule has 0 atom stereocenters. The Morgan fingerprint density at radius 3 is 2.65 bits per heavy atom. The summed E-state index contributed by atoms with van der Waals surface area (Å²) in [6, 6.07) is 9.76. The van der Waals surface area contributed by atoms with E-state index in [1.54, 1.807) is 21.9 Å². The molecule has 4 rings (SSSR count). The van der Waals surface area contributed by atoms with E-state index in [0.717, 1.165) is 0 Å². The highest BCUT2D eigenvalue weighted by Gasteiger charge is 2.41. The summed E-state index contributed by atoms with van der Waals surface area (Å²) in [5.74, 6) is -2.57. The van der Waals surface area contributed by atoms with Crippen LogP contribution >= 0.6 is 0 Å². The fourth-order valence-corrected chi connectivity index (χ4v) is 3.78. The van der Waals surface area contributed by atoms with E-state index in [2.05, 4.69) is 10.1 Å². The van der Waals surface area contributed by atoms with Crippen LogP contribution in [-0.4, -0.2) is 37.9 Å². The number of benzene rings is 2. The highest BCUT2D eigenvalue weighted by Crippen LogP contribution is 2.45. The number of carbonyl (C=O) groups excluding carboxylic acids is 3. The van der Waals surface area contributed by atoms with Gasteiger partial charge < -0.3 is 19.9 Å². The van der Waals surface area contributed by atoms with Crippen LogP contribution in [0.15, 0.2) is 53.9 Å². The molecule has 31 heavy (non-hydrogen) atoms. The van der Waals surface area contributed by atoms with Gasteiger partial charge in [-0.25, -0.2) is 8.78 Å². The number of hydrogen-bond donors (Lipinski definition) is 1. The van der Waals surface area contributed by atoms with Crippen molar-refractivity contribution >= 4 is 34.7 Å². The average Bonchev–Trinajstić information content (AvgIpc) is 3.05. The molecule has 0 aromatic heterocycles. The van der Waals surface area contributed by atoms with Crippen LogP contribution in [0.3, 0.4) is 0 Å². The average molecular weight is 427 g/mol. The van der Waals surface area contributed by atoms with Gasteiger partial charge in [-0.3, -0.25) is 14.4 Å². The van der Waals surface area contributed by atoms with Crippen LogP contribution in [0.5, 0.6) is 0 Å². The summed E-state index contributed by atoms with van der Waals surface area (Å²) in [5, 5.41) is 2.45. The zero-order chi connectivity index (χ0) is 22.1. The maximum Gasteiger partial charge on any atom is 0.307 e. The Morgan fingerprint density at radius 2 is 1.90 bits per heavy atom. The van der Waals surface area contributed by atoms with E-state index in [4.69, 9.17) is 0 Å². The minimum Gasteiger partial charge on any atom is -0.469 e. The summed E-state index contributed by atoms with van der Waals surface area (Å²) < 4.78 is 32.7. The summed E-state index contributed by atoms with van der Waals surface area (Å²) in [6.45, 7) is 0.358. The third-order valence-corrected chi connectivity index (χ3v) is 5.21. The molecule has 0 radical (unpaired) electrons. The van der Waals surface area contributed by atoms with E-state index >= 15 is 0 Å². The van der Waals surface area contributed by atoms with Gasteiger partial charge >= 0.3 is 5.97 Å². The number of carbonyl (C=O) groups is 3. The second-order valence-corrected chi connectivity index (χ2v) is 7.07. The first-order valence-corrected chi connectivity index (χ1v) is 9.65. The standard InChI is InChI=1S/C22H19F2N3O4/c1-31-19(29)9-11-27-17-12-13(23)6-7-16(17)26-10-8-18(28)20(22(26)27)21(30)25-15-5-3-2-4-14(15)24/h2-7,12H,8-11H2,1H3,(H,25,30). The van der Waals surface area contributed by atoms with Crippen molar-refractivity contribution in [2.75, 3.05) is 35.3 Å². The van der Waals surface area contributed by atoms with E-state index < -0.39 is 29.3 Å². The van der Waals surface area contributed by atoms with Crippen LogP contribution in [0.1, 0.15) is 12.8 Å². The van der Waals surface area contributed by atoms with Crippen molar-refractivity contribution in [3.8, 4) is 0 Å². The van der Waals surface area contributed by atoms with Crippen molar-refractivity contribution < 1.29 is 27.9 Å². The lowest BCUT2D eigenvalue weighted by Gasteiger charge is -2.30. The number of amides is 1. The lowest BCUT2D eigenvalue weighted by atomic mass is 10.0. The van der Waals surface area contributed by atoms with Crippen molar-refractivity contribution in [2.45, 2.75) is 12.8 Å². The van der Waals surface area contributed by atoms with Gasteiger partial charge in [-0.1, -0.05) is 12.1 Å². The fourth-order valence-electron chi connectivity index (χ4n) is 3.78. The molecule has 2 aliphatic heterocycles. The summed E-state index contributed by atoms with van der Waals surface area (Å²) in [6.07, 6.45) is 0.0192. The van der Waals surface area contributed by atoms with Crippen LogP contribution in [0, 0.1) is 11.6 Å². The monoisotopic (exact) mass is 427 g/mol. The molecule has 0 saturated heterocycles. The number of ether oxygens (including phenoxy) is 1. The summed E-state index contributed by atoms with van der Waals surface area (Å²) in [5.41, 5.74) is 0.818. The number of para-hydroxylation sites is 1. The summed E-state index contributed by atoms with van der Waals surface area (Å²) >= 11 is 0. The lowest BCUT2D eigenvalue weighted by Crippen LogP contribution is -2.41. The van der Waals surface area contributed by atoms with E-state index in [1.807, 2.05) is 0 Å². The van der Waals surface area contributed by atoms with Crippen LogP contribution in [0.25, 0.3) is 0 Å². The molecule has 9 heteroatoms. The van der Waals surface area contributed by atoms with Gasteiger partial charge in [0.1, 0.15) is 23.0 Å². The van der Waals surface area contributed by atoms with E-state index in [0.29, 0.717) is 11.4 Å². The molecule has 2 aliphatic rings. The molecule has 7 nitrogen and oxygen atoms in total. The van der Waals surface area contributed by atoms with Gasteiger partial charge in [0.25, 0.3) is 5.91 Å². The van der Waals surface area contributed by atoms with Gasteiger partial charge in [-0.2, -0.15) is 0 Å². The van der Waals surface area contributed by atoms with E-state index in [-0.39, 0.29) is 43.0 Å². The first kappa shape index (κ1) is 20.5. The quantitative estimate of drug-likeness (QED) is 0.584. The van der Waals surface area contributed by atoms with Crippen molar-refractivity contribution in [1.29, 1.82) is 0 Å². The van der Waals surface area contributed by atoms with E-state index in [1.165, 1.54) is 37.4 Å². The zero-order valence-electron chi connectivity index (χ0n) is 16.7. The van der Waals surface area contributed by atoms with Crippen molar-refractivity contribution in [1.82, 2.24) is 0 Å². The molecule has 1 N–H and O–H groups in total. The Hall–Kier alpha value is -3.75. The predicted molar refractivity (Wildman–Crippen MR) is 109 cm³/mol. The number of esters is 1. The Kier molecular flexibility index (Phi) is 5.41.